The summed E-state index contributed by atoms with van der Waals surface area (Å²) in [6.07, 6.45) is 0. The van der Waals surface area contributed by atoms with Gasteiger partial charge in [0.2, 0.25) is 10.0 Å². The van der Waals surface area contributed by atoms with Crippen molar-refractivity contribution in [3.8, 4) is 5.75 Å². The van der Waals surface area contributed by atoms with Crippen LogP contribution in [0.5, 0.6) is 5.75 Å². The number of aryl methyl sites for hydroxylation is 2. The van der Waals surface area contributed by atoms with Gasteiger partial charge < -0.3 is 14.8 Å². The Morgan fingerprint density at radius 1 is 1.13 bits per heavy atom. The molecule has 30 heavy (non-hydrogen) atoms. The van der Waals surface area contributed by atoms with E-state index in [0.29, 0.717) is 16.5 Å². The Morgan fingerprint density at radius 3 is 2.33 bits per heavy atom. The highest BCUT2D eigenvalue weighted by molar-refractivity contribution is 7.89. The highest BCUT2D eigenvalue weighted by Crippen LogP contribution is 2.27. The van der Waals surface area contributed by atoms with Crippen molar-refractivity contribution in [2.75, 3.05) is 19.0 Å². The molecule has 0 radical (unpaired) electrons. The number of carbonyl (C=O) groups excluding carboxylic acids is 2. The van der Waals surface area contributed by atoms with E-state index in [4.69, 9.17) is 21.1 Å². The first kappa shape index (κ1) is 23.7. The quantitative estimate of drug-likeness (QED) is 0.593. The number of anilines is 1. The number of halogens is 1. The zero-order valence-electron chi connectivity index (χ0n) is 17.0. The van der Waals surface area contributed by atoms with Crippen LogP contribution in [0.25, 0.3) is 0 Å². The number of carbonyl (C=O) groups is 2. The molecular formula is C20H23ClN2O6S. The summed E-state index contributed by atoms with van der Waals surface area (Å²) in [5, 5.41) is 2.95. The zero-order valence-corrected chi connectivity index (χ0v) is 18.6. The van der Waals surface area contributed by atoms with Crippen molar-refractivity contribution in [2.45, 2.75) is 31.7 Å². The monoisotopic (exact) mass is 454 g/mol. The van der Waals surface area contributed by atoms with E-state index >= 15 is 0 Å². The lowest BCUT2D eigenvalue weighted by Crippen LogP contribution is -2.40. The van der Waals surface area contributed by atoms with E-state index in [2.05, 4.69) is 10.0 Å². The maximum Gasteiger partial charge on any atom is 0.324 e. The van der Waals surface area contributed by atoms with E-state index in [9.17, 15) is 18.0 Å². The Hall–Kier alpha value is -2.62. The maximum atomic E-state index is 12.4. The number of hydrogen-bond acceptors (Lipinski definition) is 6. The van der Waals surface area contributed by atoms with E-state index < -0.39 is 34.5 Å². The summed E-state index contributed by atoms with van der Waals surface area (Å²) in [4.78, 5) is 24.2. The Balaban J connectivity index is 1.93. The van der Waals surface area contributed by atoms with Crippen LogP contribution in [0.4, 0.5) is 5.69 Å². The third-order valence-electron chi connectivity index (χ3n) is 4.10. The third-order valence-corrected chi connectivity index (χ3v) is 5.95. The number of esters is 1. The first-order valence-corrected chi connectivity index (χ1v) is 10.8. The molecule has 0 bridgehead atoms. The lowest BCUT2D eigenvalue weighted by atomic mass is 10.1. The average Bonchev–Trinajstić information content (AvgIpc) is 2.68. The van der Waals surface area contributed by atoms with Crippen LogP contribution >= 0.6 is 11.6 Å². The number of benzene rings is 2. The van der Waals surface area contributed by atoms with E-state index in [1.165, 1.54) is 38.3 Å². The van der Waals surface area contributed by atoms with E-state index in [1.807, 2.05) is 13.0 Å². The summed E-state index contributed by atoms with van der Waals surface area (Å²) in [5.74, 6) is -0.993. The minimum absolute atomic E-state index is 0.0369. The van der Waals surface area contributed by atoms with Gasteiger partial charge in [0, 0.05) is 0 Å². The lowest BCUT2D eigenvalue weighted by molar-refractivity contribution is -0.148. The molecule has 2 N–H and O–H groups in total. The van der Waals surface area contributed by atoms with Gasteiger partial charge >= 0.3 is 5.97 Å². The second-order valence-electron chi connectivity index (χ2n) is 6.61. The van der Waals surface area contributed by atoms with Gasteiger partial charge in [-0.05, 0) is 62.2 Å². The van der Waals surface area contributed by atoms with Crippen molar-refractivity contribution in [3.63, 3.8) is 0 Å². The molecule has 2 rings (SSSR count). The van der Waals surface area contributed by atoms with Crippen LogP contribution in [-0.4, -0.2) is 40.1 Å². The smallest absolute Gasteiger partial charge is 0.324 e. The minimum Gasteiger partial charge on any atom is -0.497 e. The summed E-state index contributed by atoms with van der Waals surface area (Å²) in [5.41, 5.74) is 2.14. The third kappa shape index (κ3) is 6.19. The molecule has 162 valence electrons. The number of ether oxygens (including phenoxy) is 2. The Bertz CT molecular complexity index is 1010. The summed E-state index contributed by atoms with van der Waals surface area (Å²) >= 11 is 6.13. The van der Waals surface area contributed by atoms with Crippen LogP contribution < -0.4 is 14.8 Å². The molecule has 0 saturated heterocycles. The van der Waals surface area contributed by atoms with Gasteiger partial charge in [0.25, 0.3) is 5.91 Å². The van der Waals surface area contributed by atoms with Crippen molar-refractivity contribution >= 4 is 39.2 Å². The molecule has 2 aromatic carbocycles. The Labute approximate surface area is 180 Å². The van der Waals surface area contributed by atoms with Crippen LogP contribution in [0.1, 0.15) is 18.1 Å². The van der Waals surface area contributed by atoms with Crippen LogP contribution in [0.3, 0.4) is 0 Å². The molecule has 0 heterocycles. The van der Waals surface area contributed by atoms with Crippen LogP contribution in [-0.2, 0) is 24.3 Å². The van der Waals surface area contributed by atoms with Gasteiger partial charge in [-0.25, -0.2) is 8.42 Å². The molecule has 0 saturated carbocycles. The van der Waals surface area contributed by atoms with Gasteiger partial charge in [0.1, 0.15) is 11.8 Å². The molecule has 2 aromatic rings. The molecule has 0 aliphatic carbocycles. The molecular weight excluding hydrogens is 432 g/mol. The van der Waals surface area contributed by atoms with Crippen LogP contribution in [0.2, 0.25) is 5.02 Å². The van der Waals surface area contributed by atoms with Gasteiger partial charge in [-0.1, -0.05) is 17.7 Å². The highest BCUT2D eigenvalue weighted by Gasteiger charge is 2.24. The van der Waals surface area contributed by atoms with E-state index in [0.717, 1.165) is 11.1 Å². The summed E-state index contributed by atoms with van der Waals surface area (Å²) in [6.45, 7) is 4.40. The second kappa shape index (κ2) is 9.92. The predicted molar refractivity (Wildman–Crippen MR) is 113 cm³/mol. The SMILES string of the molecule is COc1ccc(S(=O)(=O)NC(C)C(=O)OCC(=O)Nc2c(C)cc(C)cc2Cl)cc1. The van der Waals surface area contributed by atoms with Crippen LogP contribution in [0.15, 0.2) is 41.3 Å². The van der Waals surface area contributed by atoms with Gasteiger partial charge in [-0.15, -0.1) is 0 Å². The molecule has 0 aliphatic rings. The fourth-order valence-electron chi connectivity index (χ4n) is 2.61. The fraction of sp³-hybridized carbons (Fsp3) is 0.300. The number of methoxy groups -OCH3 is 1. The molecule has 0 fully saturated rings. The van der Waals surface area contributed by atoms with Crippen molar-refractivity contribution in [3.05, 3.63) is 52.5 Å². The van der Waals surface area contributed by atoms with E-state index in [1.54, 1.807) is 13.0 Å². The lowest BCUT2D eigenvalue weighted by Gasteiger charge is -2.15. The van der Waals surface area contributed by atoms with Crippen molar-refractivity contribution in [2.24, 2.45) is 0 Å². The Morgan fingerprint density at radius 2 is 1.77 bits per heavy atom. The molecule has 0 spiro atoms. The summed E-state index contributed by atoms with van der Waals surface area (Å²) in [6, 6.07) is 8.02. The Kier molecular flexibility index (Phi) is 7.83. The fourth-order valence-corrected chi connectivity index (χ4v) is 4.18. The van der Waals surface area contributed by atoms with E-state index in [-0.39, 0.29) is 4.90 Å². The number of nitrogens with one attached hydrogen (secondary N) is 2. The zero-order chi connectivity index (χ0) is 22.5. The molecule has 0 aromatic heterocycles. The minimum atomic E-state index is -3.96. The summed E-state index contributed by atoms with van der Waals surface area (Å²) < 4.78 is 36.9. The predicted octanol–water partition coefficient (Wildman–Crippen LogP) is 2.81. The molecule has 1 unspecified atom stereocenters. The largest absolute Gasteiger partial charge is 0.497 e. The van der Waals surface area contributed by atoms with Crippen molar-refractivity contribution in [1.29, 1.82) is 0 Å². The van der Waals surface area contributed by atoms with Gasteiger partial charge in [0.15, 0.2) is 6.61 Å². The number of rotatable bonds is 8. The van der Waals surface area contributed by atoms with Gasteiger partial charge in [-0.2, -0.15) is 4.72 Å². The molecule has 1 atom stereocenters. The van der Waals surface area contributed by atoms with Crippen molar-refractivity contribution in [1.82, 2.24) is 4.72 Å². The first-order chi connectivity index (χ1) is 14.0. The molecule has 1 amide bonds. The van der Waals surface area contributed by atoms with Crippen LogP contribution in [0, 0.1) is 13.8 Å². The van der Waals surface area contributed by atoms with Crippen molar-refractivity contribution < 1.29 is 27.5 Å². The number of hydrogen-bond donors (Lipinski definition) is 2. The maximum absolute atomic E-state index is 12.4. The number of amides is 1. The number of sulfonamides is 1. The normalized spacial score (nSPS) is 12.2. The van der Waals surface area contributed by atoms with Gasteiger partial charge in [0.05, 0.1) is 22.7 Å². The molecule has 0 aliphatic heterocycles. The average molecular weight is 455 g/mol. The topological polar surface area (TPSA) is 111 Å². The highest BCUT2D eigenvalue weighted by atomic mass is 35.5. The molecule has 10 heteroatoms. The molecule has 8 nitrogen and oxygen atoms in total. The standard InChI is InChI=1S/C20H23ClN2O6S/c1-12-9-13(2)19(17(21)10-12)22-18(24)11-29-20(25)14(3)23-30(26,27)16-7-5-15(28-4)6-8-16/h5-10,14,23H,11H2,1-4H3,(H,22,24). The van der Waals surface area contributed by atoms with Gasteiger partial charge in [-0.3, -0.25) is 9.59 Å². The first-order valence-electron chi connectivity index (χ1n) is 8.93. The summed E-state index contributed by atoms with van der Waals surface area (Å²) in [7, 11) is -2.49. The second-order valence-corrected chi connectivity index (χ2v) is 8.73.